The van der Waals surface area contributed by atoms with Gasteiger partial charge in [-0.3, -0.25) is 0 Å². The van der Waals surface area contributed by atoms with E-state index in [4.69, 9.17) is 28.4 Å². The molecule has 0 aliphatic carbocycles. The Morgan fingerprint density at radius 1 is 0.517 bits per heavy atom. The van der Waals surface area contributed by atoms with Crippen LogP contribution in [-0.2, 0) is 61.3 Å². The maximum Gasteiger partial charge on any atom is 0.343 e. The molecule has 7 rings (SSSR count). The highest BCUT2D eigenvalue weighted by molar-refractivity contribution is 8.00. The van der Waals surface area contributed by atoms with Crippen LogP contribution in [0.2, 0.25) is 0 Å². The topological polar surface area (TPSA) is 72.5 Å². The Bertz CT molecular complexity index is 2100. The van der Waals surface area contributed by atoms with Gasteiger partial charge in [-0.05, 0) is 57.5 Å². The van der Waals surface area contributed by atoms with Gasteiger partial charge in [-0.1, -0.05) is 158 Å². The van der Waals surface area contributed by atoms with E-state index < -0.39 is 12.1 Å². The lowest BCUT2D eigenvalue weighted by Crippen LogP contribution is -2.54. The molecule has 0 saturated carbocycles. The monoisotopic (exact) mass is 794 g/mol. The van der Waals surface area contributed by atoms with Gasteiger partial charge in [0, 0.05) is 0 Å². The quantitative estimate of drug-likeness (QED) is 0.0751. The van der Waals surface area contributed by atoms with Crippen LogP contribution in [0.15, 0.2) is 170 Å². The van der Waals surface area contributed by atoms with Crippen molar-refractivity contribution in [2.75, 3.05) is 20.3 Å². The fourth-order valence-electron chi connectivity index (χ4n) is 7.08. The third-order valence-corrected chi connectivity index (χ3v) is 11.7. The molecule has 7 nitrogen and oxygen atoms in total. The largest absolute Gasteiger partial charge is 0.482 e. The molecule has 0 amide bonds. The van der Waals surface area contributed by atoms with Crippen molar-refractivity contribution in [3.8, 4) is 5.75 Å². The molecule has 58 heavy (non-hydrogen) atoms. The van der Waals surface area contributed by atoms with Crippen LogP contribution >= 0.6 is 11.8 Å². The van der Waals surface area contributed by atoms with Crippen LogP contribution in [0.4, 0.5) is 0 Å². The molecule has 6 aromatic carbocycles. The van der Waals surface area contributed by atoms with Crippen molar-refractivity contribution in [2.45, 2.75) is 61.7 Å². The SMILES string of the molecule is COC(=O)COc1ccc(Cc2cccc([C@@H]3S[C@H](COCc4ccccc4)[C@@H](OCc4ccccc4)[C@H](OCc4ccccc4)[C@H]3OCc3ccccc3)c2)cc1. The lowest BCUT2D eigenvalue weighted by molar-refractivity contribution is -0.160. The summed E-state index contributed by atoms with van der Waals surface area (Å²) in [5, 5.41) is -0.170. The Labute approximate surface area is 346 Å². The molecule has 1 aliphatic heterocycles. The van der Waals surface area contributed by atoms with Gasteiger partial charge in [0.2, 0.25) is 0 Å². The van der Waals surface area contributed by atoms with Crippen LogP contribution in [0.3, 0.4) is 0 Å². The molecule has 298 valence electrons. The molecule has 0 bridgehead atoms. The minimum absolute atomic E-state index is 0.0732. The van der Waals surface area contributed by atoms with Crippen molar-refractivity contribution in [3.63, 3.8) is 0 Å². The summed E-state index contributed by atoms with van der Waals surface area (Å²) in [5.41, 5.74) is 7.85. The zero-order valence-corrected chi connectivity index (χ0v) is 33.6. The standard InChI is InChI=1S/C50H50O7S/c1-52-46(51)36-54-44-27-25-37(26-28-44)29-42-23-14-24-43(30-42)50-49(57-34-41-21-12-5-13-22-41)48(56-33-40-19-10-4-11-20-40)47(55-32-39-17-8-3-9-18-39)45(58-50)35-53-31-38-15-6-2-7-16-38/h2-28,30,45,47-50H,29,31-36H2,1H3/t45-,47-,48+,49-,50+/m1/s1. The van der Waals surface area contributed by atoms with Crippen molar-refractivity contribution in [1.82, 2.24) is 0 Å². The van der Waals surface area contributed by atoms with Gasteiger partial charge in [0.15, 0.2) is 6.61 Å². The van der Waals surface area contributed by atoms with E-state index in [9.17, 15) is 4.79 Å². The summed E-state index contributed by atoms with van der Waals surface area (Å²) in [7, 11) is 1.35. The minimum Gasteiger partial charge on any atom is -0.482 e. The molecule has 0 unspecified atom stereocenters. The predicted molar refractivity (Wildman–Crippen MR) is 228 cm³/mol. The van der Waals surface area contributed by atoms with Gasteiger partial charge in [0.1, 0.15) is 24.1 Å². The van der Waals surface area contributed by atoms with Crippen molar-refractivity contribution in [2.24, 2.45) is 0 Å². The Kier molecular flexibility index (Phi) is 15.2. The first-order valence-electron chi connectivity index (χ1n) is 19.7. The lowest BCUT2D eigenvalue weighted by atomic mass is 9.94. The molecule has 1 fully saturated rings. The molecule has 1 saturated heterocycles. The van der Waals surface area contributed by atoms with Gasteiger partial charge in [-0.15, -0.1) is 11.8 Å². The number of hydrogen-bond acceptors (Lipinski definition) is 8. The van der Waals surface area contributed by atoms with Gasteiger partial charge in [0.05, 0.1) is 50.6 Å². The van der Waals surface area contributed by atoms with Crippen LogP contribution in [-0.4, -0.2) is 49.9 Å². The van der Waals surface area contributed by atoms with E-state index in [1.54, 1.807) is 0 Å². The summed E-state index contributed by atoms with van der Waals surface area (Å²) in [5.74, 6) is 0.199. The molecule has 0 spiro atoms. The van der Waals surface area contributed by atoms with E-state index in [-0.39, 0.29) is 29.3 Å². The van der Waals surface area contributed by atoms with E-state index in [0.29, 0.717) is 38.8 Å². The number of methoxy groups -OCH3 is 1. The first kappa shape index (κ1) is 41.0. The van der Waals surface area contributed by atoms with Crippen LogP contribution in [0.5, 0.6) is 5.75 Å². The maximum absolute atomic E-state index is 11.6. The Morgan fingerprint density at radius 3 is 1.57 bits per heavy atom. The second kappa shape index (κ2) is 21.5. The van der Waals surface area contributed by atoms with Crippen LogP contribution in [0, 0.1) is 0 Å². The number of benzene rings is 6. The van der Waals surface area contributed by atoms with Crippen molar-refractivity contribution in [1.29, 1.82) is 0 Å². The molecule has 8 heteroatoms. The summed E-state index contributed by atoms with van der Waals surface area (Å²) >= 11 is 1.85. The molecular weight excluding hydrogens is 745 g/mol. The zero-order chi connectivity index (χ0) is 39.8. The van der Waals surface area contributed by atoms with Gasteiger partial charge < -0.3 is 28.4 Å². The minimum atomic E-state index is -0.426. The van der Waals surface area contributed by atoms with Crippen molar-refractivity contribution in [3.05, 3.63) is 209 Å². The number of hydrogen-bond donors (Lipinski definition) is 0. The van der Waals surface area contributed by atoms with E-state index in [1.165, 1.54) is 12.7 Å². The Morgan fingerprint density at radius 2 is 1.02 bits per heavy atom. The van der Waals surface area contributed by atoms with E-state index >= 15 is 0 Å². The number of esters is 1. The van der Waals surface area contributed by atoms with Gasteiger partial charge in [-0.2, -0.15) is 0 Å². The maximum atomic E-state index is 11.6. The molecule has 6 aromatic rings. The lowest BCUT2D eigenvalue weighted by Gasteiger charge is -2.46. The van der Waals surface area contributed by atoms with Gasteiger partial charge in [0.25, 0.3) is 0 Å². The molecule has 0 N–H and O–H groups in total. The summed E-state index contributed by atoms with van der Waals surface area (Å²) in [6.07, 6.45) is -0.407. The van der Waals surface area contributed by atoms with E-state index in [0.717, 1.165) is 39.8 Å². The first-order valence-corrected chi connectivity index (χ1v) is 20.7. The Hall–Kier alpha value is -5.22. The highest BCUT2D eigenvalue weighted by Gasteiger charge is 2.48. The summed E-state index contributed by atoms with van der Waals surface area (Å²) in [4.78, 5) is 11.6. The average Bonchev–Trinajstić information content (AvgIpc) is 3.28. The second-order valence-electron chi connectivity index (χ2n) is 14.3. The molecule has 1 heterocycles. The van der Waals surface area contributed by atoms with Crippen LogP contribution in [0.25, 0.3) is 0 Å². The molecule has 5 atom stereocenters. The van der Waals surface area contributed by atoms with Gasteiger partial charge >= 0.3 is 5.97 Å². The number of carbonyl (C=O) groups excluding carboxylic acids is 1. The van der Waals surface area contributed by atoms with Crippen LogP contribution in [0.1, 0.15) is 44.2 Å². The number of thioether (sulfide) groups is 1. The number of carbonyl (C=O) groups is 1. The molecule has 0 aromatic heterocycles. The normalized spacial score (nSPS) is 19.0. The zero-order valence-electron chi connectivity index (χ0n) is 32.8. The number of rotatable bonds is 19. The molecule has 0 radical (unpaired) electrons. The van der Waals surface area contributed by atoms with E-state index in [2.05, 4.69) is 72.8 Å². The summed E-state index contributed by atoms with van der Waals surface area (Å²) in [6, 6.07) is 57.8. The first-order chi connectivity index (χ1) is 28.6. The highest BCUT2D eigenvalue weighted by Crippen LogP contribution is 2.47. The molecular formula is C50H50O7S. The fourth-order valence-corrected chi connectivity index (χ4v) is 8.71. The smallest absolute Gasteiger partial charge is 0.343 e. The van der Waals surface area contributed by atoms with Gasteiger partial charge in [-0.25, -0.2) is 4.79 Å². The predicted octanol–water partition coefficient (Wildman–Crippen LogP) is 9.96. The third kappa shape index (κ3) is 11.9. The van der Waals surface area contributed by atoms with Crippen molar-refractivity contribution < 1.29 is 33.2 Å². The summed E-state index contributed by atoms with van der Waals surface area (Å²) in [6.45, 7) is 2.12. The number of ether oxygens (including phenoxy) is 6. The van der Waals surface area contributed by atoms with Crippen LogP contribution < -0.4 is 4.74 Å². The van der Waals surface area contributed by atoms with E-state index in [1.807, 2.05) is 109 Å². The summed E-state index contributed by atoms with van der Waals surface area (Å²) < 4.78 is 37.8. The van der Waals surface area contributed by atoms with Crippen molar-refractivity contribution >= 4 is 17.7 Å². The fraction of sp³-hybridized carbons (Fsp3) is 0.260. The second-order valence-corrected chi connectivity index (χ2v) is 15.7. The Balaban J connectivity index is 1.21. The highest BCUT2D eigenvalue weighted by atomic mass is 32.2. The third-order valence-electron chi connectivity index (χ3n) is 10.1. The average molecular weight is 795 g/mol. The molecule has 1 aliphatic rings.